The second-order valence-electron chi connectivity index (χ2n) is 7.87. The largest absolute Gasteiger partial charge is 0.449 e. The van der Waals surface area contributed by atoms with E-state index in [4.69, 9.17) is 9.47 Å². The number of carbonyl (C=O) groups is 3. The number of carbonyl (C=O) groups excluding carboxylic acids is 3. The van der Waals surface area contributed by atoms with Gasteiger partial charge in [-0.05, 0) is 48.5 Å². The summed E-state index contributed by atoms with van der Waals surface area (Å²) >= 11 is 0. The van der Waals surface area contributed by atoms with Gasteiger partial charge in [0, 0.05) is 30.4 Å². The molecule has 4 rings (SSSR count). The molecule has 37 heavy (non-hydrogen) atoms. The molecule has 14 heteroatoms. The molecule has 0 spiro atoms. The number of alkyl halides is 3. The lowest BCUT2D eigenvalue weighted by atomic mass is 10.1. The van der Waals surface area contributed by atoms with Crippen LogP contribution in [0, 0.1) is 0 Å². The maximum absolute atomic E-state index is 13.2. The Morgan fingerprint density at radius 1 is 1.14 bits per heavy atom. The number of esters is 1. The van der Waals surface area contributed by atoms with Gasteiger partial charge in [0.25, 0.3) is 11.8 Å². The van der Waals surface area contributed by atoms with Crippen molar-refractivity contribution in [1.29, 1.82) is 0 Å². The van der Waals surface area contributed by atoms with Gasteiger partial charge in [-0.1, -0.05) is 5.16 Å². The van der Waals surface area contributed by atoms with E-state index in [-0.39, 0.29) is 30.4 Å². The molecular weight excluding hydrogens is 501 g/mol. The van der Waals surface area contributed by atoms with Crippen molar-refractivity contribution >= 4 is 29.2 Å². The summed E-state index contributed by atoms with van der Waals surface area (Å²) in [7, 11) is 0. The molecule has 0 saturated carbocycles. The molecular formula is C23H19F3N4O7. The number of rotatable bonds is 6. The van der Waals surface area contributed by atoms with E-state index in [2.05, 4.69) is 20.0 Å². The highest BCUT2D eigenvalue weighted by molar-refractivity contribution is 6.04. The number of nitrogens with one attached hydrogen (secondary N) is 2. The van der Waals surface area contributed by atoms with Crippen LogP contribution < -0.4 is 16.0 Å². The summed E-state index contributed by atoms with van der Waals surface area (Å²) in [6.45, 7) is 1.00. The molecule has 2 heterocycles. The molecule has 11 nitrogen and oxygen atoms in total. The Labute approximate surface area is 206 Å². The minimum atomic E-state index is -4.54. The number of aromatic amines is 1. The van der Waals surface area contributed by atoms with Gasteiger partial charge in [-0.15, -0.1) is 0 Å². The van der Waals surface area contributed by atoms with Gasteiger partial charge in [-0.25, -0.2) is 4.79 Å². The monoisotopic (exact) mass is 520 g/mol. The summed E-state index contributed by atoms with van der Waals surface area (Å²) in [6.07, 6.45) is -7.77. The fourth-order valence-corrected chi connectivity index (χ4v) is 3.62. The molecule has 2 amide bonds. The Hall–Kier alpha value is -4.46. The average Bonchev–Trinajstić information content (AvgIpc) is 3.29. The van der Waals surface area contributed by atoms with Crippen LogP contribution in [0.4, 0.5) is 24.5 Å². The highest BCUT2D eigenvalue weighted by atomic mass is 19.4. The number of anilines is 2. The zero-order valence-corrected chi connectivity index (χ0v) is 19.1. The first kappa shape index (κ1) is 25.6. The molecule has 2 unspecified atom stereocenters. The molecule has 0 radical (unpaired) electrons. The number of amides is 2. The summed E-state index contributed by atoms with van der Waals surface area (Å²) in [5, 5.41) is 6.07. The zero-order valence-electron chi connectivity index (χ0n) is 19.1. The van der Waals surface area contributed by atoms with E-state index in [9.17, 15) is 32.3 Å². The van der Waals surface area contributed by atoms with Crippen LogP contribution in [0.1, 0.15) is 12.5 Å². The Morgan fingerprint density at radius 2 is 1.81 bits per heavy atom. The van der Waals surface area contributed by atoms with E-state index in [0.717, 1.165) is 36.1 Å². The number of nitrogens with zero attached hydrogens (tertiary/aromatic N) is 2. The molecule has 1 aromatic heterocycles. The molecule has 2 N–H and O–H groups in total. The van der Waals surface area contributed by atoms with Crippen molar-refractivity contribution < 1.29 is 41.6 Å². The summed E-state index contributed by atoms with van der Waals surface area (Å²) in [5.74, 6) is -3.05. The first-order valence-electron chi connectivity index (χ1n) is 10.8. The van der Waals surface area contributed by atoms with Gasteiger partial charge in [0.2, 0.25) is 6.10 Å². The molecule has 1 aliphatic heterocycles. The number of aromatic nitrogens is 2. The van der Waals surface area contributed by atoms with Gasteiger partial charge >= 0.3 is 17.9 Å². The Morgan fingerprint density at radius 3 is 2.38 bits per heavy atom. The van der Waals surface area contributed by atoms with Crippen LogP contribution in [0.5, 0.6) is 0 Å². The minimum absolute atomic E-state index is 0.0146. The lowest BCUT2D eigenvalue weighted by Gasteiger charge is -2.35. The predicted octanol–water partition coefficient (Wildman–Crippen LogP) is 2.35. The van der Waals surface area contributed by atoms with Gasteiger partial charge in [0.05, 0.1) is 12.2 Å². The van der Waals surface area contributed by atoms with E-state index >= 15 is 0 Å². The van der Waals surface area contributed by atoms with Gasteiger partial charge in [-0.2, -0.15) is 13.2 Å². The quantitative estimate of drug-likeness (QED) is 0.472. The first-order valence-corrected chi connectivity index (χ1v) is 10.8. The fraction of sp³-hybridized carbons (Fsp3) is 0.261. The van der Waals surface area contributed by atoms with Gasteiger partial charge in [0.15, 0.2) is 11.9 Å². The van der Waals surface area contributed by atoms with Gasteiger partial charge in [-0.3, -0.25) is 23.9 Å². The van der Waals surface area contributed by atoms with Crippen LogP contribution in [0.2, 0.25) is 0 Å². The summed E-state index contributed by atoms with van der Waals surface area (Å²) < 4.78 is 53.7. The summed E-state index contributed by atoms with van der Waals surface area (Å²) in [5.41, 5.74) is 0.0272. The Bertz CT molecular complexity index is 1350. The molecule has 2 aromatic carbocycles. The third-order valence-corrected chi connectivity index (χ3v) is 5.32. The SMILES string of the molecule is CC(=O)OC(C(=O)Nc1ccc(-c2noc(=O)[nH]2)cc1)C1OCCN(c2ccc(C(F)(F)F)cc2)C1=O. The number of halogens is 3. The number of morpholine rings is 1. The molecule has 0 bridgehead atoms. The third-order valence-electron chi connectivity index (χ3n) is 5.32. The fourth-order valence-electron chi connectivity index (χ4n) is 3.62. The first-order chi connectivity index (χ1) is 17.5. The van der Waals surface area contributed by atoms with Crippen LogP contribution in [0.3, 0.4) is 0 Å². The highest BCUT2D eigenvalue weighted by Gasteiger charge is 2.42. The second-order valence-corrected chi connectivity index (χ2v) is 7.87. The normalized spacial score (nSPS) is 16.8. The van der Waals surface area contributed by atoms with Crippen molar-refractivity contribution in [2.24, 2.45) is 0 Å². The van der Waals surface area contributed by atoms with E-state index in [1.165, 1.54) is 24.3 Å². The van der Waals surface area contributed by atoms with Crippen LogP contribution in [-0.2, 0) is 30.0 Å². The lowest BCUT2D eigenvalue weighted by Crippen LogP contribution is -2.56. The van der Waals surface area contributed by atoms with Gasteiger partial charge < -0.3 is 19.7 Å². The third kappa shape index (κ3) is 5.86. The lowest BCUT2D eigenvalue weighted by molar-refractivity contribution is -0.167. The molecule has 1 fully saturated rings. The van der Waals surface area contributed by atoms with Crippen molar-refractivity contribution in [3.63, 3.8) is 0 Å². The average molecular weight is 520 g/mol. The standard InChI is InChI=1S/C23H19F3N4O7/c1-12(31)36-17(20(32)27-15-6-2-13(3-7-15)19-28-22(34)37-29-19)18-21(33)30(10-11-35-18)16-8-4-14(5-9-16)23(24,25)26/h2-9,17-18H,10-11H2,1H3,(H,27,32)(H,28,29,34). The number of ether oxygens (including phenoxy) is 2. The summed E-state index contributed by atoms with van der Waals surface area (Å²) in [6, 6.07) is 9.94. The number of hydrogen-bond donors (Lipinski definition) is 2. The van der Waals surface area contributed by atoms with Crippen molar-refractivity contribution in [3.8, 4) is 11.4 Å². The van der Waals surface area contributed by atoms with Crippen LogP contribution in [-0.4, -0.2) is 53.3 Å². The maximum Gasteiger partial charge on any atom is 0.439 e. The van der Waals surface area contributed by atoms with Crippen molar-refractivity contribution in [2.75, 3.05) is 23.4 Å². The van der Waals surface area contributed by atoms with Crippen LogP contribution in [0.15, 0.2) is 57.8 Å². The van der Waals surface area contributed by atoms with Crippen molar-refractivity contribution in [3.05, 3.63) is 64.6 Å². The van der Waals surface area contributed by atoms with Gasteiger partial charge in [0.1, 0.15) is 0 Å². The predicted molar refractivity (Wildman–Crippen MR) is 120 cm³/mol. The Balaban J connectivity index is 1.51. The van der Waals surface area contributed by atoms with Crippen LogP contribution >= 0.6 is 0 Å². The smallest absolute Gasteiger partial charge is 0.439 e. The number of benzene rings is 2. The second kappa shape index (κ2) is 10.3. The maximum atomic E-state index is 13.2. The molecule has 2 atom stereocenters. The zero-order chi connectivity index (χ0) is 26.7. The molecule has 3 aromatic rings. The highest BCUT2D eigenvalue weighted by Crippen LogP contribution is 2.31. The number of H-pyrrole nitrogens is 1. The topological polar surface area (TPSA) is 144 Å². The van der Waals surface area contributed by atoms with E-state index in [0.29, 0.717) is 5.56 Å². The molecule has 194 valence electrons. The van der Waals surface area contributed by atoms with Crippen LogP contribution in [0.25, 0.3) is 11.4 Å². The molecule has 1 aliphatic rings. The van der Waals surface area contributed by atoms with Crippen molar-refractivity contribution in [2.45, 2.75) is 25.3 Å². The van der Waals surface area contributed by atoms with Crippen molar-refractivity contribution in [1.82, 2.24) is 10.1 Å². The molecule has 1 saturated heterocycles. The van der Waals surface area contributed by atoms with E-state index in [1.54, 1.807) is 0 Å². The molecule has 0 aliphatic carbocycles. The van der Waals surface area contributed by atoms with E-state index < -0.39 is 47.5 Å². The number of hydrogen-bond acceptors (Lipinski definition) is 8. The minimum Gasteiger partial charge on any atom is -0.449 e. The summed E-state index contributed by atoms with van der Waals surface area (Å²) in [4.78, 5) is 52.5. The Kier molecular flexibility index (Phi) is 7.11. The van der Waals surface area contributed by atoms with E-state index in [1.807, 2.05) is 0 Å².